The van der Waals surface area contributed by atoms with Gasteiger partial charge < -0.3 is 0 Å². The van der Waals surface area contributed by atoms with Crippen molar-refractivity contribution in [2.24, 2.45) is 0 Å². The predicted octanol–water partition coefficient (Wildman–Crippen LogP) is 4.26. The number of halogens is 2. The largest absolute Gasteiger partial charge is 0.297 e. The zero-order valence-corrected chi connectivity index (χ0v) is 16.2. The van der Waals surface area contributed by atoms with Crippen LogP contribution in [0.4, 0.5) is 0 Å². The van der Waals surface area contributed by atoms with Crippen LogP contribution in [0.5, 0.6) is 0 Å². The zero-order chi connectivity index (χ0) is 17.2. The Labute approximate surface area is 151 Å². The summed E-state index contributed by atoms with van der Waals surface area (Å²) in [5.74, 6) is -0.582. The second-order valence-electron chi connectivity index (χ2n) is 5.13. The van der Waals surface area contributed by atoms with E-state index in [1.54, 1.807) is 30.3 Å². The minimum absolute atomic E-state index is 0.100. The molecule has 0 aliphatic heterocycles. The van der Waals surface area contributed by atoms with Crippen LogP contribution < -0.4 is 0 Å². The van der Waals surface area contributed by atoms with Crippen LogP contribution >= 0.6 is 31.9 Å². The maximum Gasteiger partial charge on any atom is 0.279 e. The van der Waals surface area contributed by atoms with Crippen LogP contribution in [0.2, 0.25) is 0 Å². The van der Waals surface area contributed by atoms with Crippen molar-refractivity contribution >= 4 is 47.8 Å². The van der Waals surface area contributed by atoms with E-state index < -0.39 is 21.2 Å². The Kier molecular flexibility index (Phi) is 5.78. The molecule has 0 heterocycles. The third kappa shape index (κ3) is 4.50. The van der Waals surface area contributed by atoms with Crippen LogP contribution in [-0.4, -0.2) is 18.8 Å². The predicted molar refractivity (Wildman–Crippen MR) is 96.0 cm³/mol. The summed E-state index contributed by atoms with van der Waals surface area (Å²) in [5.41, 5.74) is 1.89. The number of hydrogen-bond acceptors (Lipinski definition) is 3. The summed E-state index contributed by atoms with van der Waals surface area (Å²) in [6.45, 7) is 1.91. The maximum absolute atomic E-state index is 12.5. The van der Waals surface area contributed by atoms with Crippen molar-refractivity contribution in [1.29, 1.82) is 0 Å². The first-order valence-electron chi connectivity index (χ1n) is 6.68. The molecule has 0 amide bonds. The second-order valence-corrected chi connectivity index (χ2v) is 8.34. The van der Waals surface area contributed by atoms with Crippen LogP contribution in [0.1, 0.15) is 21.9 Å². The lowest BCUT2D eigenvalue weighted by Crippen LogP contribution is -2.23. The molecule has 0 radical (unpaired) electrons. The fraction of sp³-hybridized carbons (Fsp3) is 0.188. The Balaban J connectivity index is 2.37. The lowest BCUT2D eigenvalue weighted by molar-refractivity contribution is -0.118. The van der Waals surface area contributed by atoms with E-state index in [0.29, 0.717) is 5.56 Å². The van der Waals surface area contributed by atoms with Crippen molar-refractivity contribution in [2.75, 3.05) is 0 Å². The average molecular weight is 462 g/mol. The van der Waals surface area contributed by atoms with Gasteiger partial charge in [-0.1, -0.05) is 62.2 Å². The highest BCUT2D eigenvalue weighted by molar-refractivity contribution is 9.11. The van der Waals surface area contributed by atoms with Gasteiger partial charge in [0.1, 0.15) is 0 Å². The summed E-state index contributed by atoms with van der Waals surface area (Å²) in [6.07, 6.45) is -0.100. The molecule has 0 aliphatic rings. The summed E-state index contributed by atoms with van der Waals surface area (Å²) in [7, 11) is -4.54. The monoisotopic (exact) mass is 460 g/mol. The molecule has 0 saturated carbocycles. The molecule has 0 spiro atoms. The van der Waals surface area contributed by atoms with Crippen LogP contribution in [0, 0.1) is 6.92 Å². The van der Waals surface area contributed by atoms with Crippen LogP contribution in [0.3, 0.4) is 0 Å². The maximum atomic E-state index is 12.5. The highest BCUT2D eigenvalue weighted by Gasteiger charge is 2.32. The van der Waals surface area contributed by atoms with Gasteiger partial charge in [-0.05, 0) is 35.7 Å². The molecule has 0 saturated heterocycles. The van der Waals surface area contributed by atoms with E-state index in [-0.39, 0.29) is 12.0 Å². The summed E-state index contributed by atoms with van der Waals surface area (Å²) in [6, 6.07) is 11.5. The summed E-state index contributed by atoms with van der Waals surface area (Å²) >= 11 is 6.80. The number of carbonyl (C=O) groups is 1. The van der Waals surface area contributed by atoms with Gasteiger partial charge in [0.15, 0.2) is 11.0 Å². The Morgan fingerprint density at radius 1 is 1.13 bits per heavy atom. The molecule has 4 nitrogen and oxygen atoms in total. The van der Waals surface area contributed by atoms with Gasteiger partial charge in [-0.25, -0.2) is 0 Å². The van der Waals surface area contributed by atoms with E-state index >= 15 is 0 Å². The van der Waals surface area contributed by atoms with Gasteiger partial charge in [0.2, 0.25) is 0 Å². The van der Waals surface area contributed by atoms with Gasteiger partial charge in [-0.15, -0.1) is 0 Å². The van der Waals surface area contributed by atoms with E-state index in [2.05, 4.69) is 31.9 Å². The van der Waals surface area contributed by atoms with Gasteiger partial charge in [0, 0.05) is 15.4 Å². The molecule has 23 heavy (non-hydrogen) atoms. The first-order valence-corrected chi connectivity index (χ1v) is 9.77. The molecule has 122 valence electrons. The van der Waals surface area contributed by atoms with Crippen molar-refractivity contribution in [2.45, 2.75) is 18.6 Å². The van der Waals surface area contributed by atoms with Crippen LogP contribution in [0.25, 0.3) is 0 Å². The quantitative estimate of drug-likeness (QED) is 0.675. The van der Waals surface area contributed by atoms with Gasteiger partial charge in [-0.3, -0.25) is 9.35 Å². The fourth-order valence-corrected chi connectivity index (χ4v) is 4.44. The molecule has 2 aromatic rings. The minimum Gasteiger partial charge on any atom is -0.297 e. The van der Waals surface area contributed by atoms with E-state index in [9.17, 15) is 17.8 Å². The molecule has 0 bridgehead atoms. The number of carbonyl (C=O) groups excluding carboxylic acids is 1. The number of Topliss-reactive ketones (excluding diaryl/α,β-unsaturated/α-hetero) is 1. The molecule has 1 atom stereocenters. The van der Waals surface area contributed by atoms with Gasteiger partial charge >= 0.3 is 0 Å². The number of benzene rings is 2. The number of hydrogen-bond donors (Lipinski definition) is 1. The van der Waals surface area contributed by atoms with Crippen molar-refractivity contribution in [1.82, 2.24) is 0 Å². The molecule has 1 N–H and O–H groups in total. The minimum atomic E-state index is -4.54. The van der Waals surface area contributed by atoms with Gasteiger partial charge in [0.05, 0.1) is 0 Å². The van der Waals surface area contributed by atoms with E-state index in [0.717, 1.165) is 14.5 Å². The lowest BCUT2D eigenvalue weighted by atomic mass is 10.0. The smallest absolute Gasteiger partial charge is 0.279 e. The summed E-state index contributed by atoms with van der Waals surface area (Å²) in [5, 5.41) is -1.58. The standard InChI is InChI=1S/C16H14Br2O4S/c1-10-13(17)7-11(8-14(10)18)9-15(19)16(23(20,21)22)12-5-3-2-4-6-12/h2-8,16H,9H2,1H3,(H,20,21,22). The Hall–Kier alpha value is -1.02. The fourth-order valence-electron chi connectivity index (χ4n) is 2.25. The van der Waals surface area contributed by atoms with Crippen molar-refractivity contribution < 1.29 is 17.8 Å². The molecular formula is C16H14Br2O4S. The Bertz CT molecular complexity index is 809. The van der Waals surface area contributed by atoms with E-state index in [1.165, 1.54) is 12.1 Å². The Morgan fingerprint density at radius 3 is 2.13 bits per heavy atom. The topological polar surface area (TPSA) is 71.4 Å². The normalized spacial score (nSPS) is 12.9. The second kappa shape index (κ2) is 7.25. The van der Waals surface area contributed by atoms with Crippen molar-refractivity contribution in [3.63, 3.8) is 0 Å². The highest BCUT2D eigenvalue weighted by Crippen LogP contribution is 2.29. The zero-order valence-electron chi connectivity index (χ0n) is 12.2. The molecule has 0 aromatic heterocycles. The first kappa shape index (κ1) is 18.3. The van der Waals surface area contributed by atoms with Gasteiger partial charge in [-0.2, -0.15) is 8.42 Å². The Morgan fingerprint density at radius 2 is 1.65 bits per heavy atom. The third-order valence-electron chi connectivity index (χ3n) is 3.41. The molecule has 1 unspecified atom stereocenters. The van der Waals surface area contributed by atoms with Gasteiger partial charge in [0.25, 0.3) is 10.1 Å². The first-order chi connectivity index (χ1) is 10.7. The van der Waals surface area contributed by atoms with Crippen molar-refractivity contribution in [3.8, 4) is 0 Å². The number of ketones is 1. The average Bonchev–Trinajstić information content (AvgIpc) is 2.44. The SMILES string of the molecule is Cc1c(Br)cc(CC(=O)C(c2ccccc2)S(=O)(=O)O)cc1Br. The third-order valence-corrected chi connectivity index (χ3v) is 6.19. The van der Waals surface area contributed by atoms with Crippen LogP contribution in [0.15, 0.2) is 51.4 Å². The summed E-state index contributed by atoms with van der Waals surface area (Å²) < 4.78 is 34.4. The molecule has 2 aromatic carbocycles. The molecule has 2 rings (SSSR count). The van der Waals surface area contributed by atoms with Crippen molar-refractivity contribution in [3.05, 3.63) is 68.1 Å². The molecular weight excluding hydrogens is 448 g/mol. The lowest BCUT2D eigenvalue weighted by Gasteiger charge is -2.14. The highest BCUT2D eigenvalue weighted by atomic mass is 79.9. The molecule has 7 heteroatoms. The summed E-state index contributed by atoms with van der Waals surface area (Å²) in [4.78, 5) is 12.5. The van der Waals surface area contributed by atoms with E-state index in [4.69, 9.17) is 0 Å². The molecule has 0 fully saturated rings. The number of rotatable bonds is 5. The molecule has 0 aliphatic carbocycles. The van der Waals surface area contributed by atoms with E-state index in [1.807, 2.05) is 6.92 Å². The van der Waals surface area contributed by atoms with Crippen LogP contribution in [-0.2, 0) is 21.3 Å².